The molecule has 0 amide bonds. The molecular weight excluding hydrogens is 212 g/mol. The van der Waals surface area contributed by atoms with Gasteiger partial charge < -0.3 is 10.1 Å². The van der Waals surface area contributed by atoms with Crippen LogP contribution in [0.2, 0.25) is 0 Å². The Morgan fingerprint density at radius 3 is 2.93 bits per heavy atom. The van der Waals surface area contributed by atoms with Crippen LogP contribution in [0.1, 0.15) is 24.0 Å². The minimum Gasteiger partial charge on any atom is -0.365 e. The van der Waals surface area contributed by atoms with E-state index in [0.717, 1.165) is 32.5 Å². The topological polar surface area (TPSA) is 34.2 Å². The molecule has 1 N–H and O–H groups in total. The molecule has 1 aromatic heterocycles. The van der Waals surface area contributed by atoms with Gasteiger partial charge in [-0.3, -0.25) is 4.98 Å². The van der Waals surface area contributed by atoms with E-state index in [4.69, 9.17) is 4.74 Å². The van der Waals surface area contributed by atoms with Gasteiger partial charge in [-0.2, -0.15) is 0 Å². The van der Waals surface area contributed by atoms with Gasteiger partial charge in [-0.25, -0.2) is 0 Å². The van der Waals surface area contributed by atoms with E-state index in [-0.39, 0.29) is 18.0 Å². The van der Waals surface area contributed by atoms with Gasteiger partial charge >= 0.3 is 0 Å². The number of piperidine rings is 1. The summed E-state index contributed by atoms with van der Waals surface area (Å²) in [5, 5.41) is 3.37. The second kappa shape index (κ2) is 4.08. The zero-order valence-corrected chi connectivity index (χ0v) is 9.35. The Bertz CT molecular complexity index is 345. The third-order valence-electron chi connectivity index (χ3n) is 3.32. The fraction of sp³-hybridized carbons (Fsp3) is 0.545. The molecule has 2 aliphatic heterocycles. The molecule has 82 valence electrons. The fourth-order valence-corrected chi connectivity index (χ4v) is 2.50. The molecule has 0 saturated carbocycles. The number of pyridine rings is 1. The molecule has 3 rings (SSSR count). The molecule has 0 aromatic carbocycles. The van der Waals surface area contributed by atoms with Gasteiger partial charge in [-0.15, -0.1) is 12.4 Å². The van der Waals surface area contributed by atoms with E-state index >= 15 is 0 Å². The molecular formula is C11H15ClN2O. The molecule has 0 atom stereocenters. The fourth-order valence-electron chi connectivity index (χ4n) is 2.50. The Morgan fingerprint density at radius 1 is 1.33 bits per heavy atom. The van der Waals surface area contributed by atoms with Gasteiger partial charge in [0.05, 0.1) is 12.2 Å². The predicted molar refractivity (Wildman–Crippen MR) is 60.1 cm³/mol. The monoisotopic (exact) mass is 226 g/mol. The first-order chi connectivity index (χ1) is 6.91. The lowest BCUT2D eigenvalue weighted by Gasteiger charge is -2.33. The van der Waals surface area contributed by atoms with Crippen LogP contribution in [0.15, 0.2) is 18.5 Å². The average molecular weight is 227 g/mol. The smallest absolute Gasteiger partial charge is 0.0978 e. The predicted octanol–water partition coefficient (Wildman–Crippen LogP) is 1.61. The molecule has 2 aliphatic rings. The highest BCUT2D eigenvalue weighted by atomic mass is 35.5. The largest absolute Gasteiger partial charge is 0.365 e. The Morgan fingerprint density at radius 2 is 2.13 bits per heavy atom. The van der Waals surface area contributed by atoms with Crippen LogP contribution in [0, 0.1) is 0 Å². The second-order valence-corrected chi connectivity index (χ2v) is 4.07. The molecule has 3 heterocycles. The average Bonchev–Trinajstić information content (AvgIpc) is 2.60. The molecule has 4 heteroatoms. The first kappa shape index (κ1) is 10.9. The van der Waals surface area contributed by atoms with Crippen molar-refractivity contribution in [3.8, 4) is 0 Å². The Labute approximate surface area is 95.6 Å². The summed E-state index contributed by atoms with van der Waals surface area (Å²) in [6.07, 6.45) is 5.98. The zero-order valence-electron chi connectivity index (χ0n) is 8.53. The van der Waals surface area contributed by atoms with Crippen molar-refractivity contribution < 1.29 is 4.74 Å². The van der Waals surface area contributed by atoms with Crippen LogP contribution in [0.3, 0.4) is 0 Å². The summed E-state index contributed by atoms with van der Waals surface area (Å²) >= 11 is 0. The zero-order chi connectivity index (χ0) is 9.43. The van der Waals surface area contributed by atoms with Gasteiger partial charge in [0.2, 0.25) is 0 Å². The standard InChI is InChI=1S/C11H14N2O.ClH/c1-4-13-7-10-9(1)8-14-11(10)2-5-12-6-3-11;/h1,4,7,12H,2-3,5-6,8H2;1H. The van der Waals surface area contributed by atoms with Crippen molar-refractivity contribution in [2.45, 2.75) is 25.0 Å². The third-order valence-corrected chi connectivity index (χ3v) is 3.32. The van der Waals surface area contributed by atoms with E-state index in [1.54, 1.807) is 0 Å². The van der Waals surface area contributed by atoms with Crippen LogP contribution in [0.5, 0.6) is 0 Å². The van der Waals surface area contributed by atoms with Crippen molar-refractivity contribution in [2.75, 3.05) is 13.1 Å². The number of nitrogens with one attached hydrogen (secondary N) is 1. The highest BCUT2D eigenvalue weighted by Gasteiger charge is 2.40. The lowest BCUT2D eigenvalue weighted by Crippen LogP contribution is -2.39. The summed E-state index contributed by atoms with van der Waals surface area (Å²) in [4.78, 5) is 4.21. The molecule has 0 aliphatic carbocycles. The van der Waals surface area contributed by atoms with Crippen molar-refractivity contribution in [2.24, 2.45) is 0 Å². The number of hydrogen-bond donors (Lipinski definition) is 1. The van der Waals surface area contributed by atoms with E-state index in [0.29, 0.717) is 0 Å². The number of hydrogen-bond acceptors (Lipinski definition) is 3. The Balaban J connectivity index is 0.000000853. The van der Waals surface area contributed by atoms with Gasteiger partial charge in [0.1, 0.15) is 0 Å². The van der Waals surface area contributed by atoms with E-state index in [1.165, 1.54) is 11.1 Å². The number of aromatic nitrogens is 1. The summed E-state index contributed by atoms with van der Waals surface area (Å²) < 4.78 is 5.97. The molecule has 1 aromatic rings. The molecule has 0 bridgehead atoms. The first-order valence-corrected chi connectivity index (χ1v) is 5.19. The number of halogens is 1. The van der Waals surface area contributed by atoms with Crippen LogP contribution in [0.4, 0.5) is 0 Å². The molecule has 15 heavy (non-hydrogen) atoms. The lowest BCUT2D eigenvalue weighted by molar-refractivity contribution is -0.0591. The molecule has 0 radical (unpaired) electrons. The molecule has 1 saturated heterocycles. The van der Waals surface area contributed by atoms with Crippen molar-refractivity contribution in [1.82, 2.24) is 10.3 Å². The van der Waals surface area contributed by atoms with Crippen LogP contribution >= 0.6 is 12.4 Å². The van der Waals surface area contributed by atoms with Crippen LogP contribution in [-0.2, 0) is 16.9 Å². The molecule has 0 unspecified atom stereocenters. The maximum Gasteiger partial charge on any atom is 0.0978 e. The Hall–Kier alpha value is -0.640. The summed E-state index contributed by atoms with van der Waals surface area (Å²) in [7, 11) is 0. The lowest BCUT2D eigenvalue weighted by atomic mass is 9.85. The number of rotatable bonds is 0. The van der Waals surface area contributed by atoms with Crippen LogP contribution in [-0.4, -0.2) is 18.1 Å². The van der Waals surface area contributed by atoms with Crippen molar-refractivity contribution >= 4 is 12.4 Å². The maximum absolute atomic E-state index is 5.97. The summed E-state index contributed by atoms with van der Waals surface area (Å²) in [5.74, 6) is 0. The van der Waals surface area contributed by atoms with Gasteiger partial charge in [0.15, 0.2) is 0 Å². The van der Waals surface area contributed by atoms with Gasteiger partial charge in [0, 0.05) is 18.0 Å². The molecule has 1 spiro atoms. The Kier molecular flexibility index (Phi) is 2.96. The summed E-state index contributed by atoms with van der Waals surface area (Å²) in [6, 6.07) is 2.08. The van der Waals surface area contributed by atoms with Crippen LogP contribution in [0.25, 0.3) is 0 Å². The minimum atomic E-state index is -0.0190. The number of ether oxygens (including phenoxy) is 1. The quantitative estimate of drug-likeness (QED) is 0.730. The van der Waals surface area contributed by atoms with Crippen LogP contribution < -0.4 is 5.32 Å². The van der Waals surface area contributed by atoms with Gasteiger partial charge in [-0.1, -0.05) is 0 Å². The highest BCUT2D eigenvalue weighted by Crippen LogP contribution is 2.42. The maximum atomic E-state index is 5.97. The normalized spacial score (nSPS) is 22.1. The third kappa shape index (κ3) is 1.65. The van der Waals surface area contributed by atoms with Gasteiger partial charge in [-0.05, 0) is 37.6 Å². The van der Waals surface area contributed by atoms with E-state index < -0.39 is 0 Å². The van der Waals surface area contributed by atoms with Gasteiger partial charge in [0.25, 0.3) is 0 Å². The first-order valence-electron chi connectivity index (χ1n) is 5.19. The van der Waals surface area contributed by atoms with Crippen molar-refractivity contribution in [3.63, 3.8) is 0 Å². The number of fused-ring (bicyclic) bond motifs is 2. The minimum absolute atomic E-state index is 0. The van der Waals surface area contributed by atoms with E-state index in [2.05, 4.69) is 16.4 Å². The summed E-state index contributed by atoms with van der Waals surface area (Å²) in [5.41, 5.74) is 2.62. The second-order valence-electron chi connectivity index (χ2n) is 4.07. The van der Waals surface area contributed by atoms with E-state index in [9.17, 15) is 0 Å². The summed E-state index contributed by atoms with van der Waals surface area (Å²) in [6.45, 7) is 2.86. The van der Waals surface area contributed by atoms with E-state index in [1.807, 2.05) is 12.4 Å². The highest BCUT2D eigenvalue weighted by molar-refractivity contribution is 5.85. The number of nitrogens with zero attached hydrogens (tertiary/aromatic N) is 1. The SMILES string of the molecule is Cl.c1cc2c(cn1)C1(CCNCC1)OC2. The van der Waals surface area contributed by atoms with Crippen molar-refractivity contribution in [1.29, 1.82) is 0 Å². The molecule has 1 fully saturated rings. The van der Waals surface area contributed by atoms with Crippen molar-refractivity contribution in [3.05, 3.63) is 29.6 Å². The molecule has 3 nitrogen and oxygen atoms in total.